The number of halogens is 2. The molecule has 1 amide bonds. The fourth-order valence-corrected chi connectivity index (χ4v) is 12.6. The molecule has 6 aromatic rings. The van der Waals surface area contributed by atoms with Crippen molar-refractivity contribution in [3.8, 4) is 23.4 Å². The summed E-state index contributed by atoms with van der Waals surface area (Å²) in [5, 5.41) is 28.1. The number of hydrogen-bond acceptors (Lipinski definition) is 16. The number of carbonyl (C=O) groups excluding carboxylic acids is 1. The van der Waals surface area contributed by atoms with Crippen LogP contribution in [0.4, 0.5) is 11.6 Å². The highest BCUT2D eigenvalue weighted by Gasteiger charge is 2.37. The maximum atomic E-state index is 13.1. The van der Waals surface area contributed by atoms with Crippen LogP contribution < -0.4 is 30.0 Å². The van der Waals surface area contributed by atoms with Crippen LogP contribution in [0.15, 0.2) is 95.2 Å². The third-order valence-corrected chi connectivity index (χ3v) is 19.0. The number of nitrogens with zero attached hydrogens (tertiary/aromatic N) is 8. The van der Waals surface area contributed by atoms with Gasteiger partial charge in [-0.1, -0.05) is 76.7 Å². The SMILES string of the molecule is CC1(C)CC[C@@H](CCCNc2cccc(S(N)(=O)=O)n2)C1.CC1(CCCOc2ccn(-c3ccc(C(=O)O)c(Cl)n3)n2)CC1.[2H]C([2H])([2H])C1(C([2H])([2H])[2H])CC[C@@H](CCCNc2cccc(S(=O)(=O)NC(=O)c3ccc(-n4ccc(OCCCC5(C)CC5)n4)nc3Cl)n2)C1. The molecule has 6 aromatic heterocycles. The molecule has 0 saturated heterocycles. The van der Waals surface area contributed by atoms with Crippen molar-refractivity contribution in [2.45, 2.75) is 167 Å². The third-order valence-electron chi connectivity index (χ3n) is 16.4. The number of nitrogens with two attached hydrogens (primary N) is 1. The van der Waals surface area contributed by atoms with Gasteiger partial charge in [0, 0.05) is 45.8 Å². The Kier molecular flexibility index (Phi) is 19.3. The highest BCUT2D eigenvalue weighted by Crippen LogP contribution is 2.50. The van der Waals surface area contributed by atoms with Crippen molar-refractivity contribution in [1.82, 2.24) is 44.2 Å². The number of primary sulfonamides is 1. The van der Waals surface area contributed by atoms with Gasteiger partial charge < -0.3 is 25.2 Å². The monoisotopic (exact) mass is 1280 g/mol. The Balaban J connectivity index is 0.000000207. The minimum Gasteiger partial charge on any atom is -0.478 e. The van der Waals surface area contributed by atoms with Gasteiger partial charge in [0.05, 0.1) is 24.3 Å². The van der Waals surface area contributed by atoms with Gasteiger partial charge in [0.2, 0.25) is 11.8 Å². The number of aromatic nitrogens is 8. The van der Waals surface area contributed by atoms with E-state index >= 15 is 0 Å². The molecule has 472 valence electrons. The number of nitrogens with one attached hydrogen (secondary N) is 3. The molecule has 0 unspecified atom stereocenters. The number of sulfonamides is 2. The fraction of sp³-hybridized carbons (Fsp3) is 0.548. The minimum atomic E-state index is -4.38. The summed E-state index contributed by atoms with van der Waals surface area (Å²) in [6.45, 7) is 6.50. The number of pyridine rings is 4. The third kappa shape index (κ3) is 20.6. The lowest BCUT2D eigenvalue weighted by atomic mass is 9.89. The molecular formula is C62H84Cl2N12O9S2. The number of anilines is 2. The van der Waals surface area contributed by atoms with Gasteiger partial charge in [0.25, 0.3) is 26.0 Å². The molecular weight excluding hydrogens is 1190 g/mol. The summed E-state index contributed by atoms with van der Waals surface area (Å²) in [4.78, 5) is 40.3. The molecule has 2 atom stereocenters. The summed E-state index contributed by atoms with van der Waals surface area (Å²) in [6.07, 6.45) is 20.9. The summed E-state index contributed by atoms with van der Waals surface area (Å²) >= 11 is 12.2. The molecule has 4 fully saturated rings. The second-order valence-electron chi connectivity index (χ2n) is 24.8. The van der Waals surface area contributed by atoms with E-state index in [0.717, 1.165) is 38.1 Å². The molecule has 87 heavy (non-hydrogen) atoms. The largest absolute Gasteiger partial charge is 0.478 e. The average Bonchev–Trinajstić information content (AvgIpc) is 1.67. The van der Waals surface area contributed by atoms with Crippen molar-refractivity contribution >= 4 is 66.8 Å². The van der Waals surface area contributed by atoms with Crippen LogP contribution >= 0.6 is 23.2 Å². The second kappa shape index (κ2) is 28.8. The highest BCUT2D eigenvalue weighted by atomic mass is 35.5. The summed E-state index contributed by atoms with van der Waals surface area (Å²) < 4.78 is 112. The Labute approximate surface area is 530 Å². The molecule has 21 nitrogen and oxygen atoms in total. The molecule has 0 aromatic carbocycles. The standard InChI is InChI=1S/C31H41ClN6O4S.C16H18ClN3O3.C15H25N3O2S/c1-30(2)15-12-22(21-30)7-5-18-33-24-8-4-9-27(34-24)43(40,41)37-29(39)23-10-11-25(35-28(23)32)38-19-13-26(36-38)42-20-6-14-31(3)16-17-31;1-16(7-8-16)6-2-10-23-13-5-9-20(19-13)12-4-3-11(15(21)22)14(17)18-12;1-15(2)9-8-12(11-15)5-4-10-17-13-6-3-7-14(18-13)21(16,19)20/h4,8-11,13,19,22H,5-7,12,14-18,20-21H2,1-3H3,(H,33,34)(H,37,39);3-5,9H,2,6-8,10H2,1H3,(H,21,22);3,6-7,12H,4-5,8-11H2,1-2H3,(H,17,18)(H2,16,19,20)/t22-;;12-/m1.1/s1/i1D3,2D3;;. The first kappa shape index (κ1) is 58.3. The van der Waals surface area contributed by atoms with Gasteiger partial charge in [0.15, 0.2) is 21.7 Å². The summed E-state index contributed by atoms with van der Waals surface area (Å²) in [6, 6.07) is 18.4. The topological polar surface area (TPSA) is 290 Å². The zero-order valence-electron chi connectivity index (χ0n) is 55.7. The van der Waals surface area contributed by atoms with Crippen LogP contribution in [0.3, 0.4) is 0 Å². The van der Waals surface area contributed by atoms with Crippen molar-refractivity contribution in [1.29, 1.82) is 0 Å². The number of amides is 1. The lowest BCUT2D eigenvalue weighted by molar-refractivity contribution is 0.0696. The van der Waals surface area contributed by atoms with Gasteiger partial charge >= 0.3 is 5.97 Å². The number of carboxylic acids is 1. The van der Waals surface area contributed by atoms with Crippen LogP contribution in [-0.2, 0) is 20.0 Å². The molecule has 6 heterocycles. The van der Waals surface area contributed by atoms with Crippen LogP contribution in [-0.4, -0.2) is 99.6 Å². The van der Waals surface area contributed by atoms with E-state index in [2.05, 4.69) is 68.5 Å². The van der Waals surface area contributed by atoms with E-state index in [0.29, 0.717) is 84.5 Å². The Bertz CT molecular complexity index is 3780. The minimum absolute atomic E-state index is 0.0346. The molecule has 0 spiro atoms. The maximum Gasteiger partial charge on any atom is 0.338 e. The van der Waals surface area contributed by atoms with E-state index in [1.54, 1.807) is 48.8 Å². The van der Waals surface area contributed by atoms with Crippen LogP contribution in [0.25, 0.3) is 11.6 Å². The number of hydrogen-bond donors (Lipinski definition) is 5. The van der Waals surface area contributed by atoms with Crippen molar-refractivity contribution in [2.75, 3.05) is 36.9 Å². The van der Waals surface area contributed by atoms with Crippen molar-refractivity contribution in [2.24, 2.45) is 38.6 Å². The number of rotatable bonds is 27. The average molecular weight is 1280 g/mol. The Morgan fingerprint density at radius 1 is 0.644 bits per heavy atom. The van der Waals surface area contributed by atoms with E-state index in [4.69, 9.17) is 51.1 Å². The van der Waals surface area contributed by atoms with Crippen LogP contribution in [0.5, 0.6) is 11.8 Å². The summed E-state index contributed by atoms with van der Waals surface area (Å²) in [5.74, 6) is 1.21. The molecule has 4 aliphatic carbocycles. The number of carbonyl (C=O) groups is 2. The first-order valence-corrected chi connectivity index (χ1v) is 33.4. The van der Waals surface area contributed by atoms with Gasteiger partial charge in [0.1, 0.15) is 21.9 Å². The number of ether oxygens (including phenoxy) is 2. The van der Waals surface area contributed by atoms with Crippen molar-refractivity contribution in [3.05, 3.63) is 107 Å². The summed E-state index contributed by atoms with van der Waals surface area (Å²) in [7, 11) is -8.12. The first-order chi connectivity index (χ1) is 43.6. The molecule has 4 aliphatic rings. The Morgan fingerprint density at radius 3 is 1.56 bits per heavy atom. The lowest BCUT2D eigenvalue weighted by Gasteiger charge is -2.17. The van der Waals surface area contributed by atoms with Crippen LogP contribution in [0.1, 0.15) is 186 Å². The second-order valence-corrected chi connectivity index (χ2v) is 28.7. The van der Waals surface area contributed by atoms with E-state index < -0.39 is 56.1 Å². The predicted molar refractivity (Wildman–Crippen MR) is 336 cm³/mol. The molecule has 10 rings (SSSR count). The molecule has 6 N–H and O–H groups in total. The van der Waals surface area contributed by atoms with Gasteiger partial charge in [-0.2, -0.15) is 8.42 Å². The van der Waals surface area contributed by atoms with E-state index in [9.17, 15) is 26.4 Å². The predicted octanol–water partition coefficient (Wildman–Crippen LogP) is 12.7. The Hall–Kier alpha value is -6.40. The van der Waals surface area contributed by atoms with Crippen LogP contribution in [0, 0.1) is 33.5 Å². The fourth-order valence-electron chi connectivity index (χ4n) is 10.7. The van der Waals surface area contributed by atoms with E-state index in [1.807, 2.05) is 4.72 Å². The smallest absolute Gasteiger partial charge is 0.338 e. The van der Waals surface area contributed by atoms with Crippen molar-refractivity contribution < 1.29 is 49.2 Å². The molecule has 4 saturated carbocycles. The maximum absolute atomic E-state index is 13.1. The normalized spacial score (nSPS) is 19.8. The molecule has 0 radical (unpaired) electrons. The zero-order chi connectivity index (χ0) is 67.6. The number of aromatic carboxylic acids is 1. The van der Waals surface area contributed by atoms with Gasteiger partial charge in [-0.05, 0) is 198 Å². The van der Waals surface area contributed by atoms with Gasteiger partial charge in [-0.25, -0.2) is 52.4 Å². The molecule has 25 heteroatoms. The van der Waals surface area contributed by atoms with E-state index in [1.165, 1.54) is 104 Å². The first-order valence-electron chi connectivity index (χ1n) is 32.6. The highest BCUT2D eigenvalue weighted by molar-refractivity contribution is 7.90. The van der Waals surface area contributed by atoms with Gasteiger partial charge in [-0.15, -0.1) is 10.2 Å². The van der Waals surface area contributed by atoms with E-state index in [-0.39, 0.29) is 51.0 Å². The molecule has 0 bridgehead atoms. The van der Waals surface area contributed by atoms with Crippen molar-refractivity contribution in [3.63, 3.8) is 0 Å². The lowest BCUT2D eigenvalue weighted by Crippen LogP contribution is -2.31. The molecule has 0 aliphatic heterocycles. The number of carboxylic acid groups (broad SMARTS) is 1. The zero-order valence-corrected chi connectivity index (χ0v) is 52.9. The van der Waals surface area contributed by atoms with Gasteiger partial charge in [-0.3, -0.25) is 4.79 Å². The van der Waals surface area contributed by atoms with Crippen LogP contribution in [0.2, 0.25) is 10.3 Å². The quantitative estimate of drug-likeness (QED) is 0.0236. The Morgan fingerprint density at radius 2 is 1.11 bits per heavy atom. The summed E-state index contributed by atoms with van der Waals surface area (Å²) in [5.41, 5.74) is -0.388.